The summed E-state index contributed by atoms with van der Waals surface area (Å²) in [6.45, 7) is 7.81. The minimum Gasteiger partial charge on any atom is -0.463 e. The molecule has 4 nitrogen and oxygen atoms in total. The second-order valence-corrected chi connectivity index (χ2v) is 7.08. The van der Waals surface area contributed by atoms with E-state index in [9.17, 15) is 4.79 Å². The van der Waals surface area contributed by atoms with Gasteiger partial charge in [0.2, 0.25) is 0 Å². The average Bonchev–Trinajstić information content (AvgIpc) is 2.18. The molecule has 0 heterocycles. The molecule has 0 amide bonds. The summed E-state index contributed by atoms with van der Waals surface area (Å²) in [4.78, 5) is 10.8. The zero-order valence-electron chi connectivity index (χ0n) is 9.91. The minimum atomic E-state index is -1.69. The number of ether oxygens (including phenoxy) is 1. The van der Waals surface area contributed by atoms with E-state index in [-0.39, 0.29) is 11.0 Å². The quantitative estimate of drug-likeness (QED) is 0.378. The van der Waals surface area contributed by atoms with Gasteiger partial charge in [0.1, 0.15) is 0 Å². The van der Waals surface area contributed by atoms with Crippen LogP contribution >= 0.6 is 0 Å². The molecule has 0 N–H and O–H groups in total. The van der Waals surface area contributed by atoms with Crippen LogP contribution in [0.25, 0.3) is 0 Å². The van der Waals surface area contributed by atoms with Crippen LogP contribution in [0.3, 0.4) is 0 Å². The molecule has 88 valence electrons. The molecule has 0 spiro atoms. The summed E-state index contributed by atoms with van der Waals surface area (Å²) in [6, 6.07) is 0. The molecule has 0 aromatic rings. The SMILES string of the molecule is C=CC(=O)OCCC(C)(C)[SiH](OC)OC. The highest BCUT2D eigenvalue weighted by Gasteiger charge is 2.32. The highest BCUT2D eigenvalue weighted by Crippen LogP contribution is 2.33. The Hall–Kier alpha value is -0.653. The van der Waals surface area contributed by atoms with Crippen molar-refractivity contribution in [1.29, 1.82) is 0 Å². The predicted octanol–water partition coefficient (Wildman–Crippen LogP) is 1.40. The Morgan fingerprint density at radius 3 is 2.33 bits per heavy atom. The zero-order chi connectivity index (χ0) is 11.9. The van der Waals surface area contributed by atoms with Crippen molar-refractivity contribution in [2.75, 3.05) is 20.8 Å². The maximum absolute atomic E-state index is 10.8. The van der Waals surface area contributed by atoms with Crippen LogP contribution in [-0.2, 0) is 18.4 Å². The lowest BCUT2D eigenvalue weighted by Crippen LogP contribution is -2.33. The number of carbonyl (C=O) groups excluding carboxylic acids is 1. The first-order valence-corrected chi connectivity index (χ1v) is 6.34. The molecule has 5 heteroatoms. The summed E-state index contributed by atoms with van der Waals surface area (Å²) >= 11 is 0. The molecule has 0 aromatic heterocycles. The lowest BCUT2D eigenvalue weighted by molar-refractivity contribution is -0.138. The molecule has 0 aromatic carbocycles. The number of esters is 1. The number of hydrogen-bond acceptors (Lipinski definition) is 4. The predicted molar refractivity (Wildman–Crippen MR) is 61.0 cm³/mol. The van der Waals surface area contributed by atoms with Gasteiger partial charge < -0.3 is 13.6 Å². The largest absolute Gasteiger partial charge is 0.463 e. The monoisotopic (exact) mass is 232 g/mol. The van der Waals surface area contributed by atoms with Gasteiger partial charge in [-0.1, -0.05) is 20.4 Å². The van der Waals surface area contributed by atoms with E-state index in [1.165, 1.54) is 0 Å². The Kier molecular flexibility index (Phi) is 6.47. The van der Waals surface area contributed by atoms with E-state index in [1.54, 1.807) is 14.2 Å². The van der Waals surface area contributed by atoms with Crippen molar-refractivity contribution in [3.63, 3.8) is 0 Å². The zero-order valence-corrected chi connectivity index (χ0v) is 11.1. The van der Waals surface area contributed by atoms with Crippen molar-refractivity contribution < 1.29 is 18.4 Å². The van der Waals surface area contributed by atoms with E-state index < -0.39 is 9.28 Å². The Labute approximate surface area is 93.1 Å². The van der Waals surface area contributed by atoms with E-state index in [4.69, 9.17) is 13.6 Å². The van der Waals surface area contributed by atoms with E-state index in [1.807, 2.05) is 0 Å². The van der Waals surface area contributed by atoms with Gasteiger partial charge in [-0.05, 0) is 6.42 Å². The first-order valence-electron chi connectivity index (χ1n) is 4.82. The van der Waals surface area contributed by atoms with Gasteiger partial charge >= 0.3 is 15.3 Å². The fourth-order valence-electron chi connectivity index (χ4n) is 1.33. The van der Waals surface area contributed by atoms with E-state index in [0.717, 1.165) is 12.5 Å². The fraction of sp³-hybridized carbons (Fsp3) is 0.700. The van der Waals surface area contributed by atoms with Gasteiger partial charge in [0, 0.05) is 25.3 Å². The topological polar surface area (TPSA) is 44.8 Å². The van der Waals surface area contributed by atoms with Gasteiger partial charge in [0.25, 0.3) is 0 Å². The molecule has 0 radical (unpaired) electrons. The lowest BCUT2D eigenvalue weighted by atomic mass is 10.1. The van der Waals surface area contributed by atoms with Crippen LogP contribution in [-0.4, -0.2) is 36.1 Å². The van der Waals surface area contributed by atoms with Gasteiger partial charge in [-0.15, -0.1) is 0 Å². The van der Waals surface area contributed by atoms with Crippen LogP contribution in [0.2, 0.25) is 5.04 Å². The van der Waals surface area contributed by atoms with Gasteiger partial charge in [-0.25, -0.2) is 4.79 Å². The van der Waals surface area contributed by atoms with Crippen molar-refractivity contribution in [2.45, 2.75) is 25.3 Å². The second kappa shape index (κ2) is 6.76. The normalized spacial score (nSPS) is 11.5. The van der Waals surface area contributed by atoms with Crippen LogP contribution < -0.4 is 0 Å². The molecule has 0 aliphatic heterocycles. The number of rotatable bonds is 7. The molecule has 0 unspecified atom stereocenters. The Morgan fingerprint density at radius 1 is 1.40 bits per heavy atom. The standard InChI is InChI=1S/C10H20O4Si/c1-6-9(11)14-8-7-10(2,3)15(12-4)13-5/h6,15H,1,7-8H2,2-5H3. The Morgan fingerprint density at radius 2 is 1.93 bits per heavy atom. The summed E-state index contributed by atoms with van der Waals surface area (Å²) < 4.78 is 15.5. The molecular weight excluding hydrogens is 212 g/mol. The van der Waals surface area contributed by atoms with Gasteiger partial charge in [-0.3, -0.25) is 0 Å². The van der Waals surface area contributed by atoms with Crippen LogP contribution in [0, 0.1) is 0 Å². The summed E-state index contributed by atoms with van der Waals surface area (Å²) in [6.07, 6.45) is 1.89. The molecule has 0 fully saturated rings. The van der Waals surface area contributed by atoms with Gasteiger partial charge in [-0.2, -0.15) is 0 Å². The second-order valence-electron chi connectivity index (χ2n) is 3.91. The van der Waals surface area contributed by atoms with Gasteiger partial charge in [0.05, 0.1) is 6.61 Å². The van der Waals surface area contributed by atoms with E-state index >= 15 is 0 Å². The van der Waals surface area contributed by atoms with E-state index in [2.05, 4.69) is 20.4 Å². The number of carbonyl (C=O) groups is 1. The van der Waals surface area contributed by atoms with Crippen molar-refractivity contribution >= 4 is 15.3 Å². The summed E-state index contributed by atoms with van der Waals surface area (Å²) in [5, 5.41) is -0.0645. The van der Waals surface area contributed by atoms with Crippen LogP contribution in [0.15, 0.2) is 12.7 Å². The van der Waals surface area contributed by atoms with Crippen molar-refractivity contribution in [1.82, 2.24) is 0 Å². The first kappa shape index (κ1) is 14.3. The minimum absolute atomic E-state index is 0.0645. The van der Waals surface area contributed by atoms with Gasteiger partial charge in [0.15, 0.2) is 0 Å². The molecule has 0 atom stereocenters. The summed E-state index contributed by atoms with van der Waals surface area (Å²) in [5.41, 5.74) is 0. The Balaban J connectivity index is 4.02. The van der Waals surface area contributed by atoms with Crippen molar-refractivity contribution in [2.24, 2.45) is 0 Å². The third-order valence-electron chi connectivity index (χ3n) is 2.22. The maximum Gasteiger partial charge on any atom is 0.330 e. The lowest BCUT2D eigenvalue weighted by Gasteiger charge is -2.29. The highest BCUT2D eigenvalue weighted by atomic mass is 28.3. The molecule has 15 heavy (non-hydrogen) atoms. The molecule has 0 rings (SSSR count). The molecule has 0 saturated heterocycles. The van der Waals surface area contributed by atoms with Crippen molar-refractivity contribution in [3.8, 4) is 0 Å². The smallest absolute Gasteiger partial charge is 0.330 e. The third kappa shape index (κ3) is 5.11. The van der Waals surface area contributed by atoms with Crippen molar-refractivity contribution in [3.05, 3.63) is 12.7 Å². The summed E-state index contributed by atoms with van der Waals surface area (Å²) in [7, 11) is 1.61. The molecule has 0 bridgehead atoms. The average molecular weight is 232 g/mol. The number of hydrogen-bond donors (Lipinski definition) is 0. The van der Waals surface area contributed by atoms with Crippen LogP contribution in [0.5, 0.6) is 0 Å². The van der Waals surface area contributed by atoms with Crippen LogP contribution in [0.4, 0.5) is 0 Å². The van der Waals surface area contributed by atoms with E-state index in [0.29, 0.717) is 6.61 Å². The first-order chi connectivity index (χ1) is 6.97. The molecular formula is C10H20O4Si. The molecule has 0 aliphatic rings. The molecule has 0 saturated carbocycles. The Bertz CT molecular complexity index is 211. The maximum atomic E-state index is 10.8. The molecule has 0 aliphatic carbocycles. The van der Waals surface area contributed by atoms with Crippen LogP contribution in [0.1, 0.15) is 20.3 Å². The highest BCUT2D eigenvalue weighted by molar-refractivity contribution is 6.48. The fourth-order valence-corrected chi connectivity index (χ4v) is 3.15. The summed E-state index contributed by atoms with van der Waals surface area (Å²) in [5.74, 6) is -0.390. The third-order valence-corrected chi connectivity index (χ3v) is 4.64.